The molecule has 18 heavy (non-hydrogen) atoms. The fourth-order valence-electron chi connectivity index (χ4n) is 1.94. The Labute approximate surface area is 109 Å². The quantitative estimate of drug-likeness (QED) is 0.778. The SMILES string of the molecule is CC(C)(C)OC(=O)NC(CNC1COC1)C1CC1. The molecule has 1 aliphatic carbocycles. The van der Waals surface area contributed by atoms with Gasteiger partial charge in [0.1, 0.15) is 5.60 Å². The standard InChI is InChI=1S/C13H24N2O3/c1-13(2,3)18-12(16)15-11(9-4-5-9)6-14-10-7-17-8-10/h9-11,14H,4-8H2,1-3H3,(H,15,16). The molecule has 2 aliphatic rings. The highest BCUT2D eigenvalue weighted by atomic mass is 16.6. The summed E-state index contributed by atoms with van der Waals surface area (Å²) in [6.07, 6.45) is 2.08. The Morgan fingerprint density at radius 3 is 2.50 bits per heavy atom. The van der Waals surface area contributed by atoms with Gasteiger partial charge in [-0.3, -0.25) is 0 Å². The van der Waals surface area contributed by atoms with E-state index < -0.39 is 5.60 Å². The van der Waals surface area contributed by atoms with Crippen LogP contribution < -0.4 is 10.6 Å². The summed E-state index contributed by atoms with van der Waals surface area (Å²) in [5.74, 6) is 0.603. The highest BCUT2D eigenvalue weighted by Gasteiger charge is 2.34. The van der Waals surface area contributed by atoms with Crippen LogP contribution in [0.25, 0.3) is 0 Å². The molecule has 1 amide bonds. The van der Waals surface area contributed by atoms with Crippen LogP contribution in [0, 0.1) is 5.92 Å². The Bertz CT molecular complexity index is 293. The van der Waals surface area contributed by atoms with Crippen molar-refractivity contribution >= 4 is 6.09 Å². The van der Waals surface area contributed by atoms with Crippen LogP contribution in [0.5, 0.6) is 0 Å². The summed E-state index contributed by atoms with van der Waals surface area (Å²) >= 11 is 0. The van der Waals surface area contributed by atoms with Crippen molar-refractivity contribution in [3.63, 3.8) is 0 Å². The Balaban J connectivity index is 1.73. The monoisotopic (exact) mass is 256 g/mol. The van der Waals surface area contributed by atoms with E-state index in [1.165, 1.54) is 12.8 Å². The molecule has 2 rings (SSSR count). The molecule has 2 N–H and O–H groups in total. The zero-order valence-corrected chi connectivity index (χ0v) is 11.5. The van der Waals surface area contributed by atoms with Crippen molar-refractivity contribution in [2.75, 3.05) is 19.8 Å². The van der Waals surface area contributed by atoms with E-state index in [0.717, 1.165) is 19.8 Å². The van der Waals surface area contributed by atoms with E-state index >= 15 is 0 Å². The van der Waals surface area contributed by atoms with Gasteiger partial charge in [-0.15, -0.1) is 0 Å². The van der Waals surface area contributed by atoms with Crippen molar-refractivity contribution in [1.29, 1.82) is 0 Å². The van der Waals surface area contributed by atoms with Crippen molar-refractivity contribution in [2.45, 2.75) is 51.3 Å². The number of carbonyl (C=O) groups excluding carboxylic acids is 1. The lowest BCUT2D eigenvalue weighted by atomic mass is 10.1. The summed E-state index contributed by atoms with van der Waals surface area (Å²) in [4.78, 5) is 11.7. The molecule has 1 heterocycles. The number of carbonyl (C=O) groups is 1. The van der Waals surface area contributed by atoms with Gasteiger partial charge < -0.3 is 20.1 Å². The third-order valence-corrected chi connectivity index (χ3v) is 3.16. The smallest absolute Gasteiger partial charge is 0.407 e. The number of alkyl carbamates (subject to hydrolysis) is 1. The second kappa shape index (κ2) is 5.45. The van der Waals surface area contributed by atoms with Gasteiger partial charge in [-0.25, -0.2) is 4.79 Å². The van der Waals surface area contributed by atoms with Gasteiger partial charge in [-0.2, -0.15) is 0 Å². The Morgan fingerprint density at radius 2 is 2.06 bits per heavy atom. The molecule has 5 nitrogen and oxygen atoms in total. The number of hydrogen-bond acceptors (Lipinski definition) is 4. The first-order valence-corrected chi connectivity index (χ1v) is 6.75. The summed E-state index contributed by atoms with van der Waals surface area (Å²) < 4.78 is 10.4. The minimum absolute atomic E-state index is 0.181. The van der Waals surface area contributed by atoms with Crippen molar-refractivity contribution in [3.05, 3.63) is 0 Å². The molecule has 0 aromatic rings. The fraction of sp³-hybridized carbons (Fsp3) is 0.923. The van der Waals surface area contributed by atoms with E-state index in [0.29, 0.717) is 12.0 Å². The number of amides is 1. The average Bonchev–Trinajstić information content (AvgIpc) is 2.93. The van der Waals surface area contributed by atoms with Crippen LogP contribution >= 0.6 is 0 Å². The minimum atomic E-state index is -0.437. The lowest BCUT2D eigenvalue weighted by Gasteiger charge is -2.30. The predicted octanol–water partition coefficient (Wildman–Crippen LogP) is 1.28. The molecule has 104 valence electrons. The molecule has 0 aromatic heterocycles. The maximum atomic E-state index is 11.7. The zero-order valence-electron chi connectivity index (χ0n) is 11.5. The second-order valence-corrected chi connectivity index (χ2v) is 6.23. The largest absolute Gasteiger partial charge is 0.444 e. The highest BCUT2D eigenvalue weighted by molar-refractivity contribution is 5.68. The zero-order chi connectivity index (χ0) is 13.2. The number of rotatable bonds is 5. The van der Waals surface area contributed by atoms with Crippen LogP contribution in [0.15, 0.2) is 0 Å². The van der Waals surface area contributed by atoms with Crippen LogP contribution in [-0.2, 0) is 9.47 Å². The third-order valence-electron chi connectivity index (χ3n) is 3.16. The molecular weight excluding hydrogens is 232 g/mol. The Kier molecular flexibility index (Phi) is 4.12. The van der Waals surface area contributed by atoms with Gasteiger partial charge in [-0.05, 0) is 39.5 Å². The fourth-order valence-corrected chi connectivity index (χ4v) is 1.94. The van der Waals surface area contributed by atoms with E-state index in [9.17, 15) is 4.79 Å². The van der Waals surface area contributed by atoms with Crippen LogP contribution in [0.4, 0.5) is 4.79 Å². The lowest BCUT2D eigenvalue weighted by molar-refractivity contribution is -0.00631. The minimum Gasteiger partial charge on any atom is -0.444 e. The van der Waals surface area contributed by atoms with Crippen LogP contribution in [0.1, 0.15) is 33.6 Å². The summed E-state index contributed by atoms with van der Waals surface area (Å²) in [5.41, 5.74) is -0.437. The van der Waals surface area contributed by atoms with E-state index in [1.54, 1.807) is 0 Å². The number of nitrogens with one attached hydrogen (secondary N) is 2. The molecule has 1 unspecified atom stereocenters. The molecule has 1 aliphatic heterocycles. The molecule has 0 bridgehead atoms. The van der Waals surface area contributed by atoms with E-state index in [2.05, 4.69) is 10.6 Å². The predicted molar refractivity (Wildman–Crippen MR) is 68.5 cm³/mol. The Hall–Kier alpha value is -0.810. The highest BCUT2D eigenvalue weighted by Crippen LogP contribution is 2.32. The number of hydrogen-bond donors (Lipinski definition) is 2. The topological polar surface area (TPSA) is 59.6 Å². The molecule has 5 heteroatoms. The molecule has 1 saturated heterocycles. The van der Waals surface area contributed by atoms with Crippen molar-refractivity contribution in [3.8, 4) is 0 Å². The van der Waals surface area contributed by atoms with Gasteiger partial charge in [0, 0.05) is 12.6 Å². The van der Waals surface area contributed by atoms with E-state index in [-0.39, 0.29) is 12.1 Å². The molecule has 0 spiro atoms. The maximum absolute atomic E-state index is 11.7. The molecule has 1 saturated carbocycles. The van der Waals surface area contributed by atoms with E-state index in [4.69, 9.17) is 9.47 Å². The Morgan fingerprint density at radius 1 is 1.39 bits per heavy atom. The molecule has 0 aromatic carbocycles. The summed E-state index contributed by atoms with van der Waals surface area (Å²) in [7, 11) is 0. The lowest BCUT2D eigenvalue weighted by Crippen LogP contribution is -2.52. The van der Waals surface area contributed by atoms with Crippen LogP contribution in [-0.4, -0.2) is 43.5 Å². The maximum Gasteiger partial charge on any atom is 0.407 e. The summed E-state index contributed by atoms with van der Waals surface area (Å²) in [6.45, 7) is 8.00. The molecular formula is C13H24N2O3. The number of ether oxygens (including phenoxy) is 2. The first-order valence-electron chi connectivity index (χ1n) is 6.75. The van der Waals surface area contributed by atoms with Gasteiger partial charge in [0.05, 0.1) is 19.3 Å². The van der Waals surface area contributed by atoms with Crippen LogP contribution in [0.2, 0.25) is 0 Å². The van der Waals surface area contributed by atoms with Gasteiger partial charge in [0.2, 0.25) is 0 Å². The van der Waals surface area contributed by atoms with Crippen molar-refractivity contribution in [2.24, 2.45) is 5.92 Å². The second-order valence-electron chi connectivity index (χ2n) is 6.23. The van der Waals surface area contributed by atoms with Crippen molar-refractivity contribution in [1.82, 2.24) is 10.6 Å². The molecule has 2 fully saturated rings. The van der Waals surface area contributed by atoms with Gasteiger partial charge in [-0.1, -0.05) is 0 Å². The normalized spacial score (nSPS) is 22.2. The van der Waals surface area contributed by atoms with Crippen LogP contribution in [0.3, 0.4) is 0 Å². The van der Waals surface area contributed by atoms with Gasteiger partial charge >= 0.3 is 6.09 Å². The van der Waals surface area contributed by atoms with Gasteiger partial charge in [0.15, 0.2) is 0 Å². The third kappa shape index (κ3) is 4.46. The molecule has 0 radical (unpaired) electrons. The molecule has 1 atom stereocenters. The summed E-state index contributed by atoms with van der Waals surface area (Å²) in [6, 6.07) is 0.632. The summed E-state index contributed by atoms with van der Waals surface area (Å²) in [5, 5.41) is 6.39. The first kappa shape index (κ1) is 13.6. The van der Waals surface area contributed by atoms with Gasteiger partial charge in [0.25, 0.3) is 0 Å². The van der Waals surface area contributed by atoms with Crippen molar-refractivity contribution < 1.29 is 14.3 Å². The average molecular weight is 256 g/mol. The first-order chi connectivity index (χ1) is 8.44. The van der Waals surface area contributed by atoms with E-state index in [1.807, 2.05) is 20.8 Å².